The van der Waals surface area contributed by atoms with Crippen molar-refractivity contribution in [2.75, 3.05) is 25.2 Å². The molecule has 0 atom stereocenters. The molecule has 0 radical (unpaired) electrons. The van der Waals surface area contributed by atoms with Crippen LogP contribution < -0.4 is 0 Å². The van der Waals surface area contributed by atoms with E-state index in [0.29, 0.717) is 0 Å². The van der Waals surface area contributed by atoms with Crippen LogP contribution in [0.5, 0.6) is 0 Å². The molecule has 0 amide bonds. The fourth-order valence-electron chi connectivity index (χ4n) is 3.41. The standard InChI is InChI=1S/C19H22OS/c1-3-12-21-14-19(13-20-2)17-10-6-4-8-15(17)16-9-5-7-11-18(16)19/h4-11H,3,12-14H2,1-2H3. The lowest BCUT2D eigenvalue weighted by Crippen LogP contribution is -2.33. The number of rotatable bonds is 6. The van der Waals surface area contributed by atoms with E-state index in [1.54, 1.807) is 0 Å². The van der Waals surface area contributed by atoms with E-state index in [2.05, 4.69) is 55.5 Å². The van der Waals surface area contributed by atoms with Gasteiger partial charge in [0.2, 0.25) is 0 Å². The molecule has 0 bridgehead atoms. The van der Waals surface area contributed by atoms with Crippen LogP contribution in [0.15, 0.2) is 48.5 Å². The molecule has 0 fully saturated rings. The Morgan fingerprint density at radius 1 is 0.952 bits per heavy atom. The molecule has 3 rings (SSSR count). The van der Waals surface area contributed by atoms with Crippen molar-refractivity contribution in [2.45, 2.75) is 18.8 Å². The number of hydrogen-bond acceptors (Lipinski definition) is 2. The van der Waals surface area contributed by atoms with Gasteiger partial charge < -0.3 is 4.74 Å². The molecule has 0 N–H and O–H groups in total. The molecule has 0 saturated heterocycles. The second-order valence-corrected chi connectivity index (χ2v) is 6.76. The highest BCUT2D eigenvalue weighted by Crippen LogP contribution is 2.50. The second-order valence-electron chi connectivity index (χ2n) is 5.66. The summed E-state index contributed by atoms with van der Waals surface area (Å²) < 4.78 is 5.66. The van der Waals surface area contributed by atoms with Crippen LogP contribution in [-0.4, -0.2) is 25.2 Å². The zero-order valence-corrected chi connectivity index (χ0v) is 13.6. The molecule has 110 valence electrons. The van der Waals surface area contributed by atoms with Crippen LogP contribution in [0.3, 0.4) is 0 Å². The van der Waals surface area contributed by atoms with Crippen molar-refractivity contribution in [3.63, 3.8) is 0 Å². The summed E-state index contributed by atoms with van der Waals surface area (Å²) in [5.74, 6) is 2.29. The number of fused-ring (bicyclic) bond motifs is 3. The summed E-state index contributed by atoms with van der Waals surface area (Å²) in [7, 11) is 1.82. The lowest BCUT2D eigenvalue weighted by Gasteiger charge is -2.31. The molecule has 21 heavy (non-hydrogen) atoms. The van der Waals surface area contributed by atoms with Gasteiger partial charge in [-0.25, -0.2) is 0 Å². The average molecular weight is 298 g/mol. The van der Waals surface area contributed by atoms with Crippen molar-refractivity contribution in [3.05, 3.63) is 59.7 Å². The van der Waals surface area contributed by atoms with E-state index >= 15 is 0 Å². The van der Waals surface area contributed by atoms with Gasteiger partial charge >= 0.3 is 0 Å². The van der Waals surface area contributed by atoms with Crippen molar-refractivity contribution in [1.82, 2.24) is 0 Å². The normalized spacial score (nSPS) is 14.8. The molecule has 0 unspecified atom stereocenters. The molecule has 0 heterocycles. The first kappa shape index (κ1) is 14.7. The number of methoxy groups -OCH3 is 1. The number of ether oxygens (including phenoxy) is 1. The summed E-state index contributed by atoms with van der Waals surface area (Å²) in [5, 5.41) is 0. The Hall–Kier alpha value is -1.25. The van der Waals surface area contributed by atoms with Gasteiger partial charge in [-0.15, -0.1) is 0 Å². The maximum absolute atomic E-state index is 5.66. The van der Waals surface area contributed by atoms with Gasteiger partial charge in [-0.2, -0.15) is 11.8 Å². The van der Waals surface area contributed by atoms with Crippen molar-refractivity contribution in [2.24, 2.45) is 0 Å². The molecule has 1 aliphatic rings. The van der Waals surface area contributed by atoms with Crippen molar-refractivity contribution in [1.29, 1.82) is 0 Å². The Kier molecular flexibility index (Phi) is 4.37. The quantitative estimate of drug-likeness (QED) is 0.712. The molecule has 0 spiro atoms. The Morgan fingerprint density at radius 2 is 1.52 bits per heavy atom. The van der Waals surface area contributed by atoms with E-state index in [9.17, 15) is 0 Å². The zero-order valence-electron chi connectivity index (χ0n) is 12.8. The summed E-state index contributed by atoms with van der Waals surface area (Å²) >= 11 is 2.04. The van der Waals surface area contributed by atoms with E-state index in [4.69, 9.17) is 4.74 Å². The summed E-state index contributed by atoms with van der Waals surface area (Å²) in [6, 6.07) is 17.6. The minimum absolute atomic E-state index is 0.00176. The molecule has 0 aromatic heterocycles. The zero-order chi connectivity index (χ0) is 14.7. The van der Waals surface area contributed by atoms with Crippen LogP contribution >= 0.6 is 11.8 Å². The van der Waals surface area contributed by atoms with Gasteiger partial charge in [0.25, 0.3) is 0 Å². The fourth-order valence-corrected chi connectivity index (χ4v) is 4.58. The Balaban J connectivity index is 2.13. The second kappa shape index (κ2) is 6.25. The lowest BCUT2D eigenvalue weighted by molar-refractivity contribution is 0.159. The van der Waals surface area contributed by atoms with Gasteiger partial charge in [0, 0.05) is 12.9 Å². The van der Waals surface area contributed by atoms with Gasteiger partial charge in [-0.3, -0.25) is 0 Å². The van der Waals surface area contributed by atoms with Crippen LogP contribution in [0.25, 0.3) is 11.1 Å². The predicted molar refractivity (Wildman–Crippen MR) is 92.2 cm³/mol. The SMILES string of the molecule is CCCSCC1(COC)c2ccccc2-c2ccccc21. The molecular weight excluding hydrogens is 276 g/mol. The third-order valence-electron chi connectivity index (χ3n) is 4.26. The molecule has 1 aliphatic carbocycles. The smallest absolute Gasteiger partial charge is 0.0608 e. The highest BCUT2D eigenvalue weighted by molar-refractivity contribution is 7.99. The van der Waals surface area contributed by atoms with Crippen molar-refractivity contribution in [3.8, 4) is 11.1 Å². The topological polar surface area (TPSA) is 9.23 Å². The van der Waals surface area contributed by atoms with Crippen molar-refractivity contribution < 1.29 is 4.74 Å². The van der Waals surface area contributed by atoms with Crippen LogP contribution in [0.2, 0.25) is 0 Å². The largest absolute Gasteiger partial charge is 0.383 e. The number of benzene rings is 2. The van der Waals surface area contributed by atoms with E-state index in [1.165, 1.54) is 34.4 Å². The molecule has 1 nitrogen and oxygen atoms in total. The molecule has 2 aromatic rings. The van der Waals surface area contributed by atoms with E-state index in [1.807, 2.05) is 18.9 Å². The third kappa shape index (κ3) is 2.41. The van der Waals surface area contributed by atoms with E-state index in [0.717, 1.165) is 12.4 Å². The van der Waals surface area contributed by atoms with Gasteiger partial charge in [0.15, 0.2) is 0 Å². The monoisotopic (exact) mass is 298 g/mol. The summed E-state index contributed by atoms with van der Waals surface area (Å²) in [5.41, 5.74) is 5.61. The van der Waals surface area contributed by atoms with Gasteiger partial charge in [-0.1, -0.05) is 55.5 Å². The van der Waals surface area contributed by atoms with Crippen LogP contribution in [0, 0.1) is 0 Å². The highest BCUT2D eigenvalue weighted by atomic mass is 32.2. The number of thioether (sulfide) groups is 1. The lowest BCUT2D eigenvalue weighted by atomic mass is 9.81. The number of hydrogen-bond donors (Lipinski definition) is 0. The predicted octanol–water partition coefficient (Wildman–Crippen LogP) is 4.74. The van der Waals surface area contributed by atoms with E-state index in [-0.39, 0.29) is 5.41 Å². The van der Waals surface area contributed by atoms with Crippen LogP contribution in [0.4, 0.5) is 0 Å². The molecular formula is C19H22OS. The van der Waals surface area contributed by atoms with Crippen molar-refractivity contribution >= 4 is 11.8 Å². The molecule has 2 heteroatoms. The molecule has 2 aromatic carbocycles. The summed E-state index contributed by atoms with van der Waals surface area (Å²) in [4.78, 5) is 0. The third-order valence-corrected chi connectivity index (χ3v) is 5.66. The first-order valence-corrected chi connectivity index (χ1v) is 8.75. The fraction of sp³-hybridized carbons (Fsp3) is 0.368. The maximum atomic E-state index is 5.66. The van der Waals surface area contributed by atoms with Gasteiger partial charge in [-0.05, 0) is 34.4 Å². The molecule has 0 saturated carbocycles. The highest BCUT2D eigenvalue weighted by Gasteiger charge is 2.42. The first-order chi connectivity index (χ1) is 10.3. The van der Waals surface area contributed by atoms with Gasteiger partial charge in [0.05, 0.1) is 12.0 Å². The van der Waals surface area contributed by atoms with Crippen LogP contribution in [-0.2, 0) is 10.2 Å². The van der Waals surface area contributed by atoms with Gasteiger partial charge in [0.1, 0.15) is 0 Å². The Morgan fingerprint density at radius 3 is 2.05 bits per heavy atom. The average Bonchev–Trinajstić information content (AvgIpc) is 2.80. The van der Waals surface area contributed by atoms with Crippen LogP contribution in [0.1, 0.15) is 24.5 Å². The van der Waals surface area contributed by atoms with E-state index < -0.39 is 0 Å². The minimum Gasteiger partial charge on any atom is -0.383 e. The minimum atomic E-state index is 0.00176. The Labute approximate surface area is 131 Å². The Bertz CT molecular complexity index is 575. The first-order valence-electron chi connectivity index (χ1n) is 7.59. The maximum Gasteiger partial charge on any atom is 0.0608 e. The molecule has 0 aliphatic heterocycles. The summed E-state index contributed by atoms with van der Waals surface area (Å²) in [6.07, 6.45) is 1.22. The summed E-state index contributed by atoms with van der Waals surface area (Å²) in [6.45, 7) is 2.99.